The first-order chi connectivity index (χ1) is 11.3. The van der Waals surface area contributed by atoms with E-state index in [1.807, 2.05) is 35.7 Å². The normalized spacial score (nSPS) is 10.5. The summed E-state index contributed by atoms with van der Waals surface area (Å²) < 4.78 is 9.67. The number of nitrogens with zero attached hydrogens (tertiary/aromatic N) is 2. The van der Waals surface area contributed by atoms with Gasteiger partial charge in [-0.25, -0.2) is 0 Å². The molecule has 0 saturated heterocycles. The van der Waals surface area contributed by atoms with Gasteiger partial charge in [0.2, 0.25) is 0 Å². The Morgan fingerprint density at radius 1 is 1.00 bits per heavy atom. The van der Waals surface area contributed by atoms with Crippen molar-refractivity contribution in [3.8, 4) is 5.75 Å². The second kappa shape index (κ2) is 7.49. The summed E-state index contributed by atoms with van der Waals surface area (Å²) in [4.78, 5) is 2.19. The summed E-state index contributed by atoms with van der Waals surface area (Å²) in [5.74, 6) is 1.69. The molecule has 118 valence electrons. The molecule has 0 aliphatic carbocycles. The maximum atomic E-state index is 6.30. The Hall–Kier alpha value is -2.04. The first kappa shape index (κ1) is 15.8. The van der Waals surface area contributed by atoms with Crippen LogP contribution in [0.4, 0.5) is 5.82 Å². The molecule has 3 aromatic rings. The molecule has 0 saturated carbocycles. The average Bonchev–Trinajstić information content (AvgIpc) is 3.02. The molecule has 0 aliphatic heterocycles. The van der Waals surface area contributed by atoms with Crippen LogP contribution in [0.5, 0.6) is 5.75 Å². The summed E-state index contributed by atoms with van der Waals surface area (Å²) >= 11 is 7.68. The average molecular weight is 345 g/mol. The highest BCUT2D eigenvalue weighted by molar-refractivity contribution is 7.04. The Balaban J connectivity index is 1.84. The van der Waals surface area contributed by atoms with E-state index in [-0.39, 0.29) is 0 Å². The van der Waals surface area contributed by atoms with E-state index in [0.29, 0.717) is 5.02 Å². The molecule has 0 spiro atoms. The zero-order valence-corrected chi connectivity index (χ0v) is 14.3. The quantitative estimate of drug-likeness (QED) is 0.628. The van der Waals surface area contributed by atoms with Crippen molar-refractivity contribution in [2.75, 3.05) is 12.0 Å². The first-order valence-electron chi connectivity index (χ1n) is 7.28. The van der Waals surface area contributed by atoms with E-state index < -0.39 is 0 Å². The van der Waals surface area contributed by atoms with Gasteiger partial charge < -0.3 is 9.64 Å². The second-order valence-corrected chi connectivity index (χ2v) is 6.21. The second-order valence-electron chi connectivity index (χ2n) is 5.18. The zero-order valence-electron chi connectivity index (χ0n) is 12.8. The van der Waals surface area contributed by atoms with E-state index in [4.69, 9.17) is 16.3 Å². The van der Waals surface area contributed by atoms with Gasteiger partial charge in [0.25, 0.3) is 0 Å². The molecule has 0 amide bonds. The number of anilines is 1. The summed E-state index contributed by atoms with van der Waals surface area (Å²) in [5.41, 5.74) is 2.41. The molecule has 3 nitrogen and oxygen atoms in total. The van der Waals surface area contributed by atoms with Gasteiger partial charge in [0.05, 0.1) is 12.1 Å². The summed E-state index contributed by atoms with van der Waals surface area (Å²) in [6.07, 6.45) is 0. The van der Waals surface area contributed by atoms with Crippen molar-refractivity contribution in [2.45, 2.75) is 13.1 Å². The summed E-state index contributed by atoms with van der Waals surface area (Å²) in [6, 6.07) is 18.4. The van der Waals surface area contributed by atoms with Gasteiger partial charge in [-0.3, -0.25) is 0 Å². The highest BCUT2D eigenvalue weighted by atomic mass is 35.5. The van der Waals surface area contributed by atoms with Crippen LogP contribution < -0.4 is 9.64 Å². The van der Waals surface area contributed by atoms with Crippen molar-refractivity contribution in [2.24, 2.45) is 0 Å². The fourth-order valence-corrected chi connectivity index (χ4v) is 3.28. The van der Waals surface area contributed by atoms with E-state index in [1.165, 1.54) is 22.7 Å². The largest absolute Gasteiger partial charge is 0.497 e. The van der Waals surface area contributed by atoms with Crippen LogP contribution in [0, 0.1) is 0 Å². The number of aromatic nitrogens is 1. The summed E-state index contributed by atoms with van der Waals surface area (Å²) in [6.45, 7) is 1.50. The third-order valence-corrected chi connectivity index (χ3v) is 4.58. The number of hydrogen-bond acceptors (Lipinski definition) is 4. The molecule has 0 unspecified atom stereocenters. The zero-order chi connectivity index (χ0) is 16.1. The molecule has 0 aliphatic rings. The van der Waals surface area contributed by atoms with E-state index in [1.54, 1.807) is 7.11 Å². The standard InChI is InChI=1S/C18H17ClN2OS/c1-22-16-9-7-15(8-10-16)12-21(18-17(19)13-23-20-18)11-14-5-3-2-4-6-14/h2-10,13H,11-12H2,1H3. The Labute approximate surface area is 145 Å². The van der Waals surface area contributed by atoms with E-state index >= 15 is 0 Å². The SMILES string of the molecule is COc1ccc(CN(Cc2ccccc2)c2nscc2Cl)cc1. The minimum atomic E-state index is 0.694. The fraction of sp³-hybridized carbons (Fsp3) is 0.167. The van der Waals surface area contributed by atoms with Gasteiger partial charge in [-0.15, -0.1) is 0 Å². The molecule has 1 heterocycles. The molecule has 0 fully saturated rings. The van der Waals surface area contributed by atoms with Gasteiger partial charge in [-0.05, 0) is 34.8 Å². The predicted molar refractivity (Wildman–Crippen MR) is 96.4 cm³/mol. The number of benzene rings is 2. The number of methoxy groups -OCH3 is 1. The molecule has 0 radical (unpaired) electrons. The van der Waals surface area contributed by atoms with Gasteiger partial charge in [0, 0.05) is 18.5 Å². The smallest absolute Gasteiger partial charge is 0.161 e. The predicted octanol–water partition coefficient (Wildman–Crippen LogP) is 5.01. The maximum absolute atomic E-state index is 6.30. The molecule has 1 aromatic heterocycles. The minimum absolute atomic E-state index is 0.694. The van der Waals surface area contributed by atoms with Crippen LogP contribution in [0.25, 0.3) is 0 Å². The van der Waals surface area contributed by atoms with Crippen molar-refractivity contribution >= 4 is 29.0 Å². The number of ether oxygens (including phenoxy) is 1. The minimum Gasteiger partial charge on any atom is -0.497 e. The molecule has 0 bridgehead atoms. The van der Waals surface area contributed by atoms with Gasteiger partial charge in [-0.1, -0.05) is 54.1 Å². The van der Waals surface area contributed by atoms with Crippen LogP contribution in [0.1, 0.15) is 11.1 Å². The van der Waals surface area contributed by atoms with Crippen molar-refractivity contribution in [3.63, 3.8) is 0 Å². The first-order valence-corrected chi connectivity index (χ1v) is 8.49. The third kappa shape index (κ3) is 4.03. The van der Waals surface area contributed by atoms with Gasteiger partial charge >= 0.3 is 0 Å². The number of rotatable bonds is 6. The van der Waals surface area contributed by atoms with Crippen molar-refractivity contribution in [1.82, 2.24) is 4.37 Å². The maximum Gasteiger partial charge on any atom is 0.161 e. The summed E-state index contributed by atoms with van der Waals surface area (Å²) in [5, 5.41) is 2.56. The van der Waals surface area contributed by atoms with Crippen LogP contribution in [0.15, 0.2) is 60.0 Å². The molecular formula is C18H17ClN2OS. The van der Waals surface area contributed by atoms with Gasteiger partial charge in [-0.2, -0.15) is 4.37 Å². The molecule has 23 heavy (non-hydrogen) atoms. The topological polar surface area (TPSA) is 25.4 Å². The molecule has 3 rings (SSSR count). The lowest BCUT2D eigenvalue weighted by molar-refractivity contribution is 0.414. The summed E-state index contributed by atoms with van der Waals surface area (Å²) in [7, 11) is 1.67. The Kier molecular flexibility index (Phi) is 5.16. The Bertz CT molecular complexity index is 743. The lowest BCUT2D eigenvalue weighted by Gasteiger charge is -2.23. The van der Waals surface area contributed by atoms with Crippen LogP contribution in [-0.2, 0) is 13.1 Å². The third-order valence-electron chi connectivity index (χ3n) is 3.56. The van der Waals surface area contributed by atoms with Crippen molar-refractivity contribution in [1.29, 1.82) is 0 Å². The van der Waals surface area contributed by atoms with Crippen LogP contribution >= 0.6 is 23.1 Å². The van der Waals surface area contributed by atoms with Crippen LogP contribution in [-0.4, -0.2) is 11.5 Å². The molecular weight excluding hydrogens is 328 g/mol. The molecule has 5 heteroatoms. The highest BCUT2D eigenvalue weighted by Crippen LogP contribution is 2.29. The van der Waals surface area contributed by atoms with E-state index in [2.05, 4.69) is 33.5 Å². The van der Waals surface area contributed by atoms with Crippen LogP contribution in [0.2, 0.25) is 5.02 Å². The fourth-order valence-electron chi connectivity index (χ4n) is 2.39. The number of hydrogen-bond donors (Lipinski definition) is 0. The van der Waals surface area contributed by atoms with Crippen molar-refractivity contribution < 1.29 is 4.74 Å². The lowest BCUT2D eigenvalue weighted by atomic mass is 10.1. The Morgan fingerprint density at radius 3 is 2.22 bits per heavy atom. The lowest BCUT2D eigenvalue weighted by Crippen LogP contribution is -2.22. The van der Waals surface area contributed by atoms with E-state index in [9.17, 15) is 0 Å². The molecule has 0 atom stereocenters. The monoisotopic (exact) mass is 344 g/mol. The highest BCUT2D eigenvalue weighted by Gasteiger charge is 2.14. The molecule has 0 N–H and O–H groups in total. The van der Waals surface area contributed by atoms with Crippen LogP contribution in [0.3, 0.4) is 0 Å². The Morgan fingerprint density at radius 2 is 1.65 bits per heavy atom. The van der Waals surface area contributed by atoms with E-state index in [0.717, 1.165) is 24.7 Å². The van der Waals surface area contributed by atoms with Gasteiger partial charge in [0.1, 0.15) is 5.75 Å². The van der Waals surface area contributed by atoms with Gasteiger partial charge in [0.15, 0.2) is 5.82 Å². The van der Waals surface area contributed by atoms with Crippen molar-refractivity contribution in [3.05, 3.63) is 76.1 Å². The molecule has 2 aromatic carbocycles. The number of halogens is 1.